The van der Waals surface area contributed by atoms with Crippen LogP contribution in [0.2, 0.25) is 10.0 Å². The molecule has 126 valence electrons. The molecule has 1 aromatic carbocycles. The highest BCUT2D eigenvalue weighted by Crippen LogP contribution is 2.34. The topological polar surface area (TPSA) is 32.7 Å². The Bertz CT molecular complexity index is 464. The van der Waals surface area contributed by atoms with E-state index in [0.29, 0.717) is 10.9 Å². The van der Waals surface area contributed by atoms with Crippen LogP contribution in [0.3, 0.4) is 0 Å². The number of nitrogens with zero attached hydrogens (tertiary/aromatic N) is 1. The molecule has 3 nitrogen and oxygen atoms in total. The molecule has 0 unspecified atom stereocenters. The minimum Gasteiger partial charge on any atom is -0.506 e. The Balaban J connectivity index is 2.66. The van der Waals surface area contributed by atoms with Crippen molar-refractivity contribution in [2.75, 3.05) is 19.7 Å². The monoisotopic (exact) mass is 347 g/mol. The molecular weight excluding hydrogens is 321 g/mol. The number of hydrogen-bond acceptors (Lipinski definition) is 3. The fraction of sp³-hybridized carbons (Fsp3) is 0.647. The Labute approximate surface area is 144 Å². The second-order valence-electron chi connectivity index (χ2n) is 6.27. The normalized spacial score (nSPS) is 11.9. The zero-order valence-electron chi connectivity index (χ0n) is 13.9. The number of halogens is 2. The lowest BCUT2D eigenvalue weighted by molar-refractivity contribution is 0.0689. The predicted octanol–water partition coefficient (Wildman–Crippen LogP) is 4.97. The van der Waals surface area contributed by atoms with Gasteiger partial charge in [0.2, 0.25) is 0 Å². The van der Waals surface area contributed by atoms with Gasteiger partial charge in [-0.3, -0.25) is 4.90 Å². The molecule has 0 spiro atoms. The van der Waals surface area contributed by atoms with Crippen molar-refractivity contribution in [1.82, 2.24) is 4.90 Å². The third-order valence-electron chi connectivity index (χ3n) is 3.23. The molecule has 0 radical (unpaired) electrons. The van der Waals surface area contributed by atoms with Crippen molar-refractivity contribution in [2.24, 2.45) is 5.92 Å². The number of phenolic OH excluding ortho intramolecular Hbond substituents is 1. The molecule has 1 N–H and O–H groups in total. The van der Waals surface area contributed by atoms with E-state index < -0.39 is 0 Å². The second-order valence-corrected chi connectivity index (χ2v) is 7.03. The molecule has 0 saturated heterocycles. The van der Waals surface area contributed by atoms with Crippen molar-refractivity contribution in [2.45, 2.75) is 46.8 Å². The summed E-state index contributed by atoms with van der Waals surface area (Å²) in [7, 11) is 0. The van der Waals surface area contributed by atoms with E-state index in [-0.39, 0.29) is 16.9 Å². The molecule has 0 aliphatic rings. The predicted molar refractivity (Wildman–Crippen MR) is 93.9 cm³/mol. The van der Waals surface area contributed by atoms with Crippen molar-refractivity contribution in [3.8, 4) is 5.75 Å². The molecule has 0 aliphatic carbocycles. The summed E-state index contributed by atoms with van der Waals surface area (Å²) in [6, 6.07) is 3.43. The van der Waals surface area contributed by atoms with E-state index in [1.807, 2.05) is 19.9 Å². The van der Waals surface area contributed by atoms with Crippen LogP contribution >= 0.6 is 23.2 Å². The first-order valence-electron chi connectivity index (χ1n) is 7.81. The lowest BCUT2D eigenvalue weighted by atomic mass is 10.1. The van der Waals surface area contributed by atoms with Gasteiger partial charge in [-0.25, -0.2) is 0 Å². The van der Waals surface area contributed by atoms with Gasteiger partial charge < -0.3 is 9.84 Å². The van der Waals surface area contributed by atoms with Crippen molar-refractivity contribution in [1.29, 1.82) is 0 Å². The summed E-state index contributed by atoms with van der Waals surface area (Å²) in [5.74, 6) is 0.591. The maximum absolute atomic E-state index is 9.58. The van der Waals surface area contributed by atoms with Gasteiger partial charge in [0.15, 0.2) is 0 Å². The van der Waals surface area contributed by atoms with E-state index in [0.717, 1.165) is 38.2 Å². The third kappa shape index (κ3) is 6.74. The van der Waals surface area contributed by atoms with Gasteiger partial charge >= 0.3 is 0 Å². The summed E-state index contributed by atoms with van der Waals surface area (Å²) >= 11 is 12.3. The maximum atomic E-state index is 9.58. The molecule has 22 heavy (non-hydrogen) atoms. The first kappa shape index (κ1) is 19.6. The van der Waals surface area contributed by atoms with Crippen LogP contribution in [0.15, 0.2) is 12.1 Å². The minimum absolute atomic E-state index is 0.0242. The van der Waals surface area contributed by atoms with Crippen LogP contribution in [0.5, 0.6) is 5.75 Å². The van der Waals surface area contributed by atoms with Gasteiger partial charge in [-0.1, -0.05) is 43.1 Å². The van der Waals surface area contributed by atoms with Gasteiger partial charge in [0, 0.05) is 26.2 Å². The van der Waals surface area contributed by atoms with Crippen molar-refractivity contribution in [3.63, 3.8) is 0 Å². The Morgan fingerprint density at radius 2 is 1.82 bits per heavy atom. The van der Waals surface area contributed by atoms with Crippen molar-refractivity contribution in [3.05, 3.63) is 27.7 Å². The molecule has 0 aliphatic heterocycles. The van der Waals surface area contributed by atoms with Gasteiger partial charge in [0.25, 0.3) is 0 Å². The van der Waals surface area contributed by atoms with Gasteiger partial charge in [-0.2, -0.15) is 0 Å². The van der Waals surface area contributed by atoms with Crippen LogP contribution < -0.4 is 0 Å². The fourth-order valence-electron chi connectivity index (χ4n) is 2.30. The van der Waals surface area contributed by atoms with Gasteiger partial charge in [0.1, 0.15) is 10.8 Å². The quantitative estimate of drug-likeness (QED) is 0.640. The van der Waals surface area contributed by atoms with Gasteiger partial charge in [0.05, 0.1) is 11.1 Å². The van der Waals surface area contributed by atoms with E-state index in [9.17, 15) is 5.11 Å². The van der Waals surface area contributed by atoms with E-state index in [2.05, 4.69) is 18.7 Å². The summed E-state index contributed by atoms with van der Waals surface area (Å²) in [6.45, 7) is 11.9. The third-order valence-corrected chi connectivity index (χ3v) is 4.14. The molecule has 5 heteroatoms. The molecule has 0 amide bonds. The van der Waals surface area contributed by atoms with Crippen LogP contribution in [-0.2, 0) is 11.3 Å². The lowest BCUT2D eigenvalue weighted by Crippen LogP contribution is -2.29. The first-order valence-corrected chi connectivity index (χ1v) is 8.56. The van der Waals surface area contributed by atoms with E-state index in [1.165, 1.54) is 0 Å². The van der Waals surface area contributed by atoms with Crippen LogP contribution in [0.4, 0.5) is 0 Å². The van der Waals surface area contributed by atoms with Crippen molar-refractivity contribution >= 4 is 23.2 Å². The summed E-state index contributed by atoms with van der Waals surface area (Å²) in [6.07, 6.45) is 1.25. The molecule has 0 aromatic heterocycles. The molecule has 0 saturated carbocycles. The molecule has 0 heterocycles. The second kappa shape index (κ2) is 9.61. The number of hydrogen-bond donors (Lipinski definition) is 1. The van der Waals surface area contributed by atoms with E-state index in [1.54, 1.807) is 6.07 Å². The van der Waals surface area contributed by atoms with Crippen molar-refractivity contribution < 1.29 is 9.84 Å². The molecule has 1 aromatic rings. The van der Waals surface area contributed by atoms with E-state index >= 15 is 0 Å². The number of rotatable bonds is 9. The van der Waals surface area contributed by atoms with Crippen LogP contribution in [0.25, 0.3) is 0 Å². The Morgan fingerprint density at radius 3 is 2.41 bits per heavy atom. The molecule has 0 bridgehead atoms. The number of phenols is 1. The summed E-state index contributed by atoms with van der Waals surface area (Å²) in [5, 5.41) is 10.3. The first-order chi connectivity index (χ1) is 10.3. The number of benzene rings is 1. The number of aromatic hydroxyl groups is 1. The summed E-state index contributed by atoms with van der Waals surface area (Å²) < 4.78 is 5.60. The smallest absolute Gasteiger partial charge is 0.135 e. The maximum Gasteiger partial charge on any atom is 0.135 e. The van der Waals surface area contributed by atoms with Gasteiger partial charge in [-0.15, -0.1) is 0 Å². The average molecular weight is 348 g/mol. The molecule has 0 atom stereocenters. The van der Waals surface area contributed by atoms with Crippen LogP contribution in [0.1, 0.15) is 39.7 Å². The standard InChI is InChI=1S/C17H27Cl2NO2/c1-12(2)10-20(8-5-9-22-13(3)4)11-14-6-7-15(21)17(19)16(14)18/h6-7,12-13,21H,5,8-11H2,1-4H3. The average Bonchev–Trinajstić information content (AvgIpc) is 2.43. The fourth-order valence-corrected chi connectivity index (χ4v) is 2.70. The van der Waals surface area contributed by atoms with Crippen LogP contribution in [-0.4, -0.2) is 35.8 Å². The van der Waals surface area contributed by atoms with E-state index in [4.69, 9.17) is 27.9 Å². The minimum atomic E-state index is 0.0242. The molecule has 1 rings (SSSR count). The van der Waals surface area contributed by atoms with Crippen LogP contribution in [0, 0.1) is 5.92 Å². The zero-order chi connectivity index (χ0) is 16.7. The SMILES string of the molecule is CC(C)CN(CCCOC(C)C)Cc1ccc(O)c(Cl)c1Cl. The highest BCUT2D eigenvalue weighted by atomic mass is 35.5. The highest BCUT2D eigenvalue weighted by Gasteiger charge is 2.14. The Hall–Kier alpha value is -0.480. The highest BCUT2D eigenvalue weighted by molar-refractivity contribution is 6.43. The Morgan fingerprint density at radius 1 is 1.14 bits per heavy atom. The lowest BCUT2D eigenvalue weighted by Gasteiger charge is -2.25. The zero-order valence-corrected chi connectivity index (χ0v) is 15.4. The summed E-state index contributed by atoms with van der Waals surface area (Å²) in [4.78, 5) is 2.35. The van der Waals surface area contributed by atoms with Gasteiger partial charge in [-0.05, 0) is 37.8 Å². The summed E-state index contributed by atoms with van der Waals surface area (Å²) in [5.41, 5.74) is 0.940. The molecule has 0 fully saturated rings. The Kier molecular flexibility index (Phi) is 8.55. The molecular formula is C17H27Cl2NO2. The number of ether oxygens (including phenoxy) is 1. The largest absolute Gasteiger partial charge is 0.506 e.